The molecule has 3 aromatic carbocycles. The molecule has 4 nitrogen and oxygen atoms in total. The van der Waals surface area contributed by atoms with Crippen molar-refractivity contribution in [1.29, 1.82) is 0 Å². The molecule has 0 aromatic heterocycles. The highest BCUT2D eigenvalue weighted by Crippen LogP contribution is 2.24. The van der Waals surface area contributed by atoms with Gasteiger partial charge >= 0.3 is 0 Å². The zero-order valence-corrected chi connectivity index (χ0v) is 15.8. The summed E-state index contributed by atoms with van der Waals surface area (Å²) in [6.07, 6.45) is -0.125. The Morgan fingerprint density at radius 2 is 1.86 bits per heavy atom. The molecule has 1 saturated heterocycles. The van der Waals surface area contributed by atoms with Crippen molar-refractivity contribution in [3.63, 3.8) is 0 Å². The van der Waals surface area contributed by atoms with Crippen LogP contribution in [-0.4, -0.2) is 31.7 Å². The Labute approximate surface area is 163 Å². The Morgan fingerprint density at radius 1 is 1.11 bits per heavy atom. The minimum absolute atomic E-state index is 0.0341. The van der Waals surface area contributed by atoms with Crippen LogP contribution in [0, 0.1) is 5.82 Å². The first-order chi connectivity index (χ1) is 13.6. The molecule has 0 bridgehead atoms. The predicted octanol–water partition coefficient (Wildman–Crippen LogP) is 4.06. The van der Waals surface area contributed by atoms with Crippen molar-refractivity contribution < 1.29 is 13.9 Å². The maximum absolute atomic E-state index is 13.2. The van der Waals surface area contributed by atoms with Gasteiger partial charge in [-0.2, -0.15) is 0 Å². The van der Waals surface area contributed by atoms with Gasteiger partial charge in [0.05, 0.1) is 12.6 Å². The quantitative estimate of drug-likeness (QED) is 0.728. The molecule has 1 aliphatic rings. The van der Waals surface area contributed by atoms with Crippen molar-refractivity contribution in [2.45, 2.75) is 19.1 Å². The molecule has 3 aromatic rings. The van der Waals surface area contributed by atoms with Gasteiger partial charge in [0.2, 0.25) is 0 Å². The number of hydrogen-bond acceptors (Lipinski definition) is 3. The van der Waals surface area contributed by atoms with Crippen LogP contribution in [0.2, 0.25) is 0 Å². The number of nitrogens with zero attached hydrogens (tertiary/aromatic N) is 1. The summed E-state index contributed by atoms with van der Waals surface area (Å²) in [4.78, 5) is 13.9. The van der Waals surface area contributed by atoms with E-state index in [1.165, 1.54) is 28.5 Å². The second-order valence-electron chi connectivity index (χ2n) is 7.11. The lowest BCUT2D eigenvalue weighted by molar-refractivity contribution is -0.129. The Morgan fingerprint density at radius 3 is 2.68 bits per heavy atom. The molecule has 0 aliphatic carbocycles. The van der Waals surface area contributed by atoms with Crippen molar-refractivity contribution in [1.82, 2.24) is 5.32 Å². The van der Waals surface area contributed by atoms with Gasteiger partial charge in [0.1, 0.15) is 12.4 Å². The van der Waals surface area contributed by atoms with Crippen LogP contribution < -0.4 is 10.2 Å². The summed E-state index contributed by atoms with van der Waals surface area (Å²) in [7, 11) is 0. The maximum Gasteiger partial charge on any atom is 0.253 e. The molecule has 28 heavy (non-hydrogen) atoms. The number of morpholine rings is 1. The number of amides is 1. The van der Waals surface area contributed by atoms with Gasteiger partial charge in [0.25, 0.3) is 5.91 Å². The van der Waals surface area contributed by atoms with Crippen LogP contribution in [0.4, 0.5) is 10.1 Å². The third-order valence-electron chi connectivity index (χ3n) is 5.21. The topological polar surface area (TPSA) is 41.6 Å². The standard InChI is InChI=1S/C23H23FN2O2/c1-16(21-8-4-6-17-5-2-3-7-22(17)21)25-13-20-14-26(23(27)15-28-20)19-11-9-18(24)10-12-19/h2-12,16,20,25H,13-15H2,1H3/t16-,20?/m1/s1. The fourth-order valence-corrected chi connectivity index (χ4v) is 3.67. The van der Waals surface area contributed by atoms with E-state index in [1.54, 1.807) is 17.0 Å². The molecular formula is C23H23FN2O2. The second-order valence-corrected chi connectivity index (χ2v) is 7.11. The van der Waals surface area contributed by atoms with E-state index in [-0.39, 0.29) is 30.5 Å². The first kappa shape index (κ1) is 18.6. The molecule has 0 radical (unpaired) electrons. The molecule has 1 amide bonds. The third kappa shape index (κ3) is 3.91. The fraction of sp³-hybridized carbons (Fsp3) is 0.261. The summed E-state index contributed by atoms with van der Waals surface area (Å²) in [5.74, 6) is -0.420. The molecule has 144 valence electrons. The summed E-state index contributed by atoms with van der Waals surface area (Å²) in [5, 5.41) is 5.99. The smallest absolute Gasteiger partial charge is 0.253 e. The van der Waals surface area contributed by atoms with Gasteiger partial charge in [-0.15, -0.1) is 0 Å². The first-order valence-corrected chi connectivity index (χ1v) is 9.50. The lowest BCUT2D eigenvalue weighted by Gasteiger charge is -2.33. The number of hydrogen-bond donors (Lipinski definition) is 1. The summed E-state index contributed by atoms with van der Waals surface area (Å²) in [6, 6.07) is 20.8. The van der Waals surface area contributed by atoms with Crippen LogP contribution in [0.25, 0.3) is 10.8 Å². The van der Waals surface area contributed by atoms with Crippen LogP contribution in [0.5, 0.6) is 0 Å². The Bertz CT molecular complexity index is 969. The van der Waals surface area contributed by atoms with E-state index in [2.05, 4.69) is 48.6 Å². The van der Waals surface area contributed by atoms with Gasteiger partial charge in [-0.1, -0.05) is 42.5 Å². The van der Waals surface area contributed by atoms with Crippen LogP contribution in [0.15, 0.2) is 66.7 Å². The normalized spacial score (nSPS) is 18.4. The van der Waals surface area contributed by atoms with E-state index < -0.39 is 0 Å². The molecule has 1 unspecified atom stereocenters. The lowest BCUT2D eigenvalue weighted by Crippen LogP contribution is -2.50. The van der Waals surface area contributed by atoms with Crippen LogP contribution in [0.3, 0.4) is 0 Å². The number of rotatable bonds is 5. The molecule has 0 spiro atoms. The van der Waals surface area contributed by atoms with Crippen LogP contribution in [0.1, 0.15) is 18.5 Å². The Kier molecular flexibility index (Phi) is 5.37. The van der Waals surface area contributed by atoms with Gasteiger partial charge in [0.15, 0.2) is 0 Å². The van der Waals surface area contributed by atoms with Crippen molar-refractivity contribution in [3.05, 3.63) is 78.1 Å². The first-order valence-electron chi connectivity index (χ1n) is 9.50. The number of carbonyl (C=O) groups excluding carboxylic acids is 1. The molecule has 0 saturated carbocycles. The predicted molar refractivity (Wildman–Crippen MR) is 109 cm³/mol. The minimum atomic E-state index is -0.313. The van der Waals surface area contributed by atoms with Gasteiger partial charge in [-0.05, 0) is 47.5 Å². The Hall–Kier alpha value is -2.76. The summed E-state index contributed by atoms with van der Waals surface area (Å²) >= 11 is 0. The van der Waals surface area contributed by atoms with Gasteiger partial charge in [-0.25, -0.2) is 4.39 Å². The zero-order chi connectivity index (χ0) is 19.5. The van der Waals surface area contributed by atoms with Crippen molar-refractivity contribution >= 4 is 22.4 Å². The number of nitrogens with one attached hydrogen (secondary N) is 1. The Balaban J connectivity index is 1.43. The van der Waals surface area contributed by atoms with E-state index in [0.717, 1.165) is 0 Å². The molecule has 1 N–H and O–H groups in total. The summed E-state index contributed by atoms with van der Waals surface area (Å²) in [6.45, 7) is 3.23. The van der Waals surface area contributed by atoms with Crippen LogP contribution in [-0.2, 0) is 9.53 Å². The number of anilines is 1. The summed E-state index contributed by atoms with van der Waals surface area (Å²) < 4.78 is 18.9. The number of ether oxygens (including phenoxy) is 1. The number of halogens is 1. The van der Waals surface area contributed by atoms with E-state index in [9.17, 15) is 9.18 Å². The van der Waals surface area contributed by atoms with Gasteiger partial charge in [-0.3, -0.25) is 4.79 Å². The van der Waals surface area contributed by atoms with E-state index in [4.69, 9.17) is 4.74 Å². The third-order valence-corrected chi connectivity index (χ3v) is 5.21. The van der Waals surface area contributed by atoms with Crippen molar-refractivity contribution in [3.8, 4) is 0 Å². The van der Waals surface area contributed by atoms with E-state index in [1.807, 2.05) is 6.07 Å². The molecule has 1 aliphatic heterocycles. The number of fused-ring (bicyclic) bond motifs is 1. The average Bonchev–Trinajstić information content (AvgIpc) is 2.73. The molecule has 5 heteroatoms. The average molecular weight is 378 g/mol. The highest BCUT2D eigenvalue weighted by molar-refractivity contribution is 5.95. The summed E-state index contributed by atoms with van der Waals surface area (Å²) in [5.41, 5.74) is 1.93. The highest BCUT2D eigenvalue weighted by atomic mass is 19.1. The lowest BCUT2D eigenvalue weighted by atomic mass is 9.99. The van der Waals surface area contributed by atoms with E-state index >= 15 is 0 Å². The molecule has 4 rings (SSSR count). The number of carbonyl (C=O) groups is 1. The largest absolute Gasteiger partial charge is 0.365 e. The SMILES string of the molecule is C[C@@H](NCC1CN(c2ccc(F)cc2)C(=O)CO1)c1cccc2ccccc12. The molecular weight excluding hydrogens is 355 g/mol. The van der Waals surface area contributed by atoms with Crippen molar-refractivity contribution in [2.75, 3.05) is 24.6 Å². The van der Waals surface area contributed by atoms with Crippen molar-refractivity contribution in [2.24, 2.45) is 0 Å². The monoisotopic (exact) mass is 378 g/mol. The molecule has 1 heterocycles. The molecule has 1 fully saturated rings. The maximum atomic E-state index is 13.2. The zero-order valence-electron chi connectivity index (χ0n) is 15.8. The fourth-order valence-electron chi connectivity index (χ4n) is 3.67. The van der Waals surface area contributed by atoms with Gasteiger partial charge < -0.3 is 15.0 Å². The highest BCUT2D eigenvalue weighted by Gasteiger charge is 2.27. The van der Waals surface area contributed by atoms with Crippen LogP contribution >= 0.6 is 0 Å². The minimum Gasteiger partial charge on any atom is -0.365 e. The number of benzene rings is 3. The van der Waals surface area contributed by atoms with Gasteiger partial charge in [0, 0.05) is 18.3 Å². The molecule has 2 atom stereocenters. The second kappa shape index (κ2) is 8.09. The van der Waals surface area contributed by atoms with E-state index in [0.29, 0.717) is 18.8 Å².